The highest BCUT2D eigenvalue weighted by Crippen LogP contribution is 2.33. The number of alkyl halides is 2. The fourth-order valence-electron chi connectivity index (χ4n) is 3.38. The second-order valence-electron chi connectivity index (χ2n) is 7.29. The summed E-state index contributed by atoms with van der Waals surface area (Å²) in [5, 5.41) is 18.6. The van der Waals surface area contributed by atoms with Gasteiger partial charge in [-0.2, -0.15) is 5.26 Å². The van der Waals surface area contributed by atoms with E-state index in [2.05, 4.69) is 0 Å². The van der Waals surface area contributed by atoms with Crippen LogP contribution in [0.2, 0.25) is 0 Å². The van der Waals surface area contributed by atoms with Crippen molar-refractivity contribution >= 4 is 5.91 Å². The molecule has 134 valence electrons. The van der Waals surface area contributed by atoms with E-state index < -0.39 is 11.5 Å². The lowest BCUT2D eigenvalue weighted by atomic mass is 9.96. The molecule has 0 aromatic rings. The molecule has 0 aliphatic carbocycles. The molecule has 7 heteroatoms. The maximum atomic E-state index is 13.4. The third-order valence-electron chi connectivity index (χ3n) is 4.90. The smallest absolute Gasteiger partial charge is 0.264 e. The number of likely N-dealkylation sites (tertiary alicyclic amines) is 2. The predicted octanol–water partition coefficient (Wildman–Crippen LogP) is 1.79. The van der Waals surface area contributed by atoms with E-state index in [1.165, 1.54) is 6.08 Å². The topological polar surface area (TPSA) is 67.6 Å². The lowest BCUT2D eigenvalue weighted by molar-refractivity contribution is -0.128. The predicted molar refractivity (Wildman–Crippen MR) is 85.3 cm³/mol. The van der Waals surface area contributed by atoms with Crippen molar-refractivity contribution in [1.29, 1.82) is 5.26 Å². The number of hydrogen-bond donors (Lipinski definition) is 1. The van der Waals surface area contributed by atoms with Crippen LogP contribution in [0.25, 0.3) is 0 Å². The number of hydrogen-bond acceptors (Lipinski definition) is 4. The van der Waals surface area contributed by atoms with Gasteiger partial charge in [0, 0.05) is 38.2 Å². The van der Waals surface area contributed by atoms with Crippen molar-refractivity contribution in [3.8, 4) is 6.07 Å². The standard InChI is InChI=1S/C17H25F2N3O2/c1-16(2,22-7-5-17(18,19)12-22)8-14(9-20)15(24)21-6-3-4-13(10-21)11-23/h8,13,23H,3-7,10-12H2,1-2H3. The Morgan fingerprint density at radius 2 is 2.17 bits per heavy atom. The van der Waals surface area contributed by atoms with Crippen molar-refractivity contribution < 1.29 is 18.7 Å². The van der Waals surface area contributed by atoms with E-state index in [0.717, 1.165) is 12.8 Å². The number of amides is 1. The number of carbonyl (C=O) groups excluding carboxylic acids is 1. The highest BCUT2D eigenvalue weighted by Gasteiger charge is 2.43. The molecule has 2 heterocycles. The van der Waals surface area contributed by atoms with Crippen molar-refractivity contribution in [3.05, 3.63) is 11.6 Å². The van der Waals surface area contributed by atoms with Gasteiger partial charge in [-0.15, -0.1) is 0 Å². The van der Waals surface area contributed by atoms with Gasteiger partial charge in [0.05, 0.1) is 6.54 Å². The third-order valence-corrected chi connectivity index (χ3v) is 4.90. The maximum Gasteiger partial charge on any atom is 0.264 e. The quantitative estimate of drug-likeness (QED) is 0.625. The van der Waals surface area contributed by atoms with Crippen molar-refractivity contribution in [2.24, 2.45) is 5.92 Å². The summed E-state index contributed by atoms with van der Waals surface area (Å²) in [6.07, 6.45) is 2.95. The van der Waals surface area contributed by atoms with Gasteiger partial charge in [0.15, 0.2) is 0 Å². The molecule has 0 spiro atoms. The number of aliphatic hydroxyl groups is 1. The average Bonchev–Trinajstić information content (AvgIpc) is 2.93. The Morgan fingerprint density at radius 1 is 1.46 bits per heavy atom. The summed E-state index contributed by atoms with van der Waals surface area (Å²) in [6.45, 7) is 4.35. The lowest BCUT2D eigenvalue weighted by Gasteiger charge is -2.34. The number of piperidine rings is 1. The molecular weight excluding hydrogens is 316 g/mol. The molecule has 5 nitrogen and oxygen atoms in total. The highest BCUT2D eigenvalue weighted by molar-refractivity contribution is 5.97. The van der Waals surface area contributed by atoms with Crippen LogP contribution in [0.4, 0.5) is 8.78 Å². The van der Waals surface area contributed by atoms with Crippen LogP contribution >= 0.6 is 0 Å². The molecule has 0 bridgehead atoms. The molecule has 1 atom stereocenters. The second kappa shape index (κ2) is 7.16. The number of halogens is 2. The molecule has 2 saturated heterocycles. The number of rotatable bonds is 4. The van der Waals surface area contributed by atoms with Gasteiger partial charge in [-0.25, -0.2) is 8.78 Å². The fraction of sp³-hybridized carbons (Fsp3) is 0.765. The van der Waals surface area contributed by atoms with E-state index in [1.54, 1.807) is 23.6 Å². The molecule has 2 aliphatic rings. The molecule has 0 aromatic carbocycles. The van der Waals surface area contributed by atoms with E-state index >= 15 is 0 Å². The molecule has 1 N–H and O–H groups in total. The lowest BCUT2D eigenvalue weighted by Crippen LogP contribution is -2.44. The molecule has 2 aliphatic heterocycles. The minimum absolute atomic E-state index is 0.0176. The van der Waals surface area contributed by atoms with Gasteiger partial charge in [0.2, 0.25) is 0 Å². The Bertz CT molecular complexity index is 555. The van der Waals surface area contributed by atoms with Gasteiger partial charge >= 0.3 is 0 Å². The van der Waals surface area contributed by atoms with Crippen molar-refractivity contribution in [3.63, 3.8) is 0 Å². The van der Waals surface area contributed by atoms with Gasteiger partial charge < -0.3 is 10.0 Å². The van der Waals surface area contributed by atoms with E-state index in [4.69, 9.17) is 0 Å². The van der Waals surface area contributed by atoms with Crippen LogP contribution in [0.15, 0.2) is 11.6 Å². The number of nitrogens with zero attached hydrogens (tertiary/aromatic N) is 3. The molecule has 1 unspecified atom stereocenters. The summed E-state index contributed by atoms with van der Waals surface area (Å²) in [5.74, 6) is -3.06. The van der Waals surface area contributed by atoms with Gasteiger partial charge in [0.1, 0.15) is 11.6 Å². The minimum atomic E-state index is -2.72. The van der Waals surface area contributed by atoms with Gasteiger partial charge in [-0.3, -0.25) is 9.69 Å². The molecular formula is C17H25F2N3O2. The first-order valence-electron chi connectivity index (χ1n) is 8.34. The van der Waals surface area contributed by atoms with E-state index in [1.807, 2.05) is 6.07 Å². The van der Waals surface area contributed by atoms with E-state index in [0.29, 0.717) is 13.1 Å². The van der Waals surface area contributed by atoms with Crippen LogP contribution < -0.4 is 0 Å². The Hall–Kier alpha value is -1.52. The number of carbonyl (C=O) groups is 1. The normalized spacial score (nSPS) is 25.6. The largest absolute Gasteiger partial charge is 0.396 e. The first kappa shape index (κ1) is 18.8. The van der Waals surface area contributed by atoms with Crippen LogP contribution in [0.3, 0.4) is 0 Å². The fourth-order valence-corrected chi connectivity index (χ4v) is 3.38. The zero-order valence-corrected chi connectivity index (χ0v) is 14.3. The monoisotopic (exact) mass is 341 g/mol. The van der Waals surface area contributed by atoms with Gasteiger partial charge in [-0.05, 0) is 38.7 Å². The van der Waals surface area contributed by atoms with Gasteiger partial charge in [0.25, 0.3) is 11.8 Å². The van der Waals surface area contributed by atoms with Gasteiger partial charge in [-0.1, -0.05) is 0 Å². The Labute approximate surface area is 141 Å². The molecule has 0 aromatic heterocycles. The SMILES string of the molecule is CC(C)(C=C(C#N)C(=O)N1CCCC(CO)C1)N1CCC(F)(F)C1. The summed E-state index contributed by atoms with van der Waals surface area (Å²) in [6, 6.07) is 1.93. The summed E-state index contributed by atoms with van der Waals surface area (Å²) in [5.41, 5.74) is -0.818. The summed E-state index contributed by atoms with van der Waals surface area (Å²) < 4.78 is 26.9. The number of aliphatic hydroxyl groups excluding tert-OH is 1. The third kappa shape index (κ3) is 4.31. The summed E-state index contributed by atoms with van der Waals surface area (Å²) in [7, 11) is 0. The van der Waals surface area contributed by atoms with Crippen molar-refractivity contribution in [1.82, 2.24) is 9.80 Å². The number of nitriles is 1. The minimum Gasteiger partial charge on any atom is -0.396 e. The maximum absolute atomic E-state index is 13.4. The molecule has 0 saturated carbocycles. The van der Waals surface area contributed by atoms with Crippen LogP contribution in [-0.4, -0.2) is 65.1 Å². The molecule has 2 rings (SSSR count). The molecule has 1 amide bonds. The Balaban J connectivity index is 2.13. The van der Waals surface area contributed by atoms with Crippen molar-refractivity contribution in [2.75, 3.05) is 32.8 Å². The zero-order valence-electron chi connectivity index (χ0n) is 14.3. The highest BCUT2D eigenvalue weighted by atomic mass is 19.3. The molecule has 0 radical (unpaired) electrons. The van der Waals surface area contributed by atoms with Crippen LogP contribution in [0, 0.1) is 17.2 Å². The van der Waals surface area contributed by atoms with Crippen LogP contribution in [-0.2, 0) is 4.79 Å². The zero-order chi connectivity index (χ0) is 18.0. The second-order valence-corrected chi connectivity index (χ2v) is 7.29. The van der Waals surface area contributed by atoms with Crippen LogP contribution in [0.5, 0.6) is 0 Å². The first-order chi connectivity index (χ1) is 11.2. The van der Waals surface area contributed by atoms with Crippen molar-refractivity contribution in [2.45, 2.75) is 44.6 Å². The summed E-state index contributed by atoms with van der Waals surface area (Å²) >= 11 is 0. The molecule has 2 fully saturated rings. The molecule has 24 heavy (non-hydrogen) atoms. The van der Waals surface area contributed by atoms with E-state index in [9.17, 15) is 23.9 Å². The first-order valence-corrected chi connectivity index (χ1v) is 8.34. The Morgan fingerprint density at radius 3 is 2.71 bits per heavy atom. The van der Waals surface area contributed by atoms with E-state index in [-0.39, 0.29) is 43.5 Å². The Kier molecular flexibility index (Phi) is 5.61. The summed E-state index contributed by atoms with van der Waals surface area (Å²) in [4.78, 5) is 15.8. The van der Waals surface area contributed by atoms with Crippen LogP contribution in [0.1, 0.15) is 33.1 Å². The average molecular weight is 341 g/mol.